The first kappa shape index (κ1) is 47.3. The van der Waals surface area contributed by atoms with Crippen molar-refractivity contribution >= 4 is 40.9 Å². The molecule has 0 bridgehead atoms. The van der Waals surface area contributed by atoms with E-state index in [2.05, 4.69) is 20.5 Å². The number of rotatable bonds is 30. The van der Waals surface area contributed by atoms with E-state index in [1.807, 2.05) is 18.9 Å². The third-order valence-corrected chi connectivity index (χ3v) is 9.81. The van der Waals surface area contributed by atoms with E-state index in [4.69, 9.17) is 43.2 Å². The lowest BCUT2D eigenvalue weighted by Gasteiger charge is -2.43. The number of ether oxygens (including phenoxy) is 7. The summed E-state index contributed by atoms with van der Waals surface area (Å²) in [4.78, 5) is 51.8. The number of methoxy groups -OCH3 is 1. The highest BCUT2D eigenvalue weighted by molar-refractivity contribution is 6.04. The number of fused-ring (bicyclic) bond motifs is 1. The summed E-state index contributed by atoms with van der Waals surface area (Å²) >= 11 is 0. The van der Waals surface area contributed by atoms with Gasteiger partial charge in [0.1, 0.15) is 17.5 Å². The lowest BCUT2D eigenvalue weighted by Crippen LogP contribution is -2.55. The molecule has 2 heterocycles. The van der Waals surface area contributed by atoms with E-state index in [1.54, 1.807) is 49.5 Å². The first-order chi connectivity index (χ1) is 28.7. The second-order valence-corrected chi connectivity index (χ2v) is 14.0. The molecular weight excluding hydrogens is 766 g/mol. The van der Waals surface area contributed by atoms with E-state index >= 15 is 0 Å². The van der Waals surface area contributed by atoms with Crippen LogP contribution in [0.5, 0.6) is 5.75 Å². The zero-order valence-electron chi connectivity index (χ0n) is 35.0. The number of aromatic nitrogens is 2. The van der Waals surface area contributed by atoms with Crippen molar-refractivity contribution in [2.45, 2.75) is 51.1 Å². The Morgan fingerprint density at radius 3 is 2.08 bits per heavy atom. The Labute approximate surface area is 347 Å². The van der Waals surface area contributed by atoms with E-state index in [1.165, 1.54) is 0 Å². The summed E-state index contributed by atoms with van der Waals surface area (Å²) in [5.41, 5.74) is 1.73. The van der Waals surface area contributed by atoms with Crippen molar-refractivity contribution in [3.8, 4) is 5.75 Å². The van der Waals surface area contributed by atoms with Gasteiger partial charge in [0.2, 0.25) is 11.9 Å². The van der Waals surface area contributed by atoms with Gasteiger partial charge in [-0.3, -0.25) is 9.59 Å². The van der Waals surface area contributed by atoms with E-state index in [-0.39, 0.29) is 23.9 Å². The van der Waals surface area contributed by atoms with Crippen molar-refractivity contribution in [2.75, 3.05) is 135 Å². The van der Waals surface area contributed by atoms with Gasteiger partial charge in [-0.15, -0.1) is 0 Å². The predicted octanol–water partition coefficient (Wildman–Crippen LogP) is 3.13. The van der Waals surface area contributed by atoms with Crippen molar-refractivity contribution in [1.29, 1.82) is 0 Å². The molecule has 1 aromatic carbocycles. The molecule has 0 radical (unpaired) electrons. The highest BCUT2D eigenvalue weighted by atomic mass is 16.6. The number of nitrogens with one attached hydrogen (secondary N) is 2. The largest absolute Gasteiger partial charge is 0.495 e. The van der Waals surface area contributed by atoms with Crippen LogP contribution in [-0.4, -0.2) is 170 Å². The summed E-state index contributed by atoms with van der Waals surface area (Å²) in [6, 6.07) is 5.13. The number of hydrogen-bond acceptors (Lipinski definition) is 15. The molecule has 0 unspecified atom stereocenters. The molecule has 18 nitrogen and oxygen atoms in total. The number of amides is 2. The van der Waals surface area contributed by atoms with Crippen LogP contribution in [0.3, 0.4) is 0 Å². The van der Waals surface area contributed by atoms with Crippen molar-refractivity contribution in [2.24, 2.45) is 0 Å². The lowest BCUT2D eigenvalue weighted by atomic mass is 10.0. The minimum absolute atomic E-state index is 0.0623. The van der Waals surface area contributed by atoms with Crippen LogP contribution < -0.4 is 25.2 Å². The topological polar surface area (TPSA) is 196 Å². The van der Waals surface area contributed by atoms with Gasteiger partial charge < -0.3 is 63.6 Å². The quantitative estimate of drug-likeness (QED) is 0.0767. The third kappa shape index (κ3) is 15.9. The van der Waals surface area contributed by atoms with Crippen molar-refractivity contribution in [1.82, 2.24) is 20.2 Å². The second-order valence-electron chi connectivity index (χ2n) is 14.0. The van der Waals surface area contributed by atoms with Crippen LogP contribution in [0.25, 0.3) is 0 Å². The van der Waals surface area contributed by atoms with Crippen LogP contribution in [0.4, 0.5) is 23.1 Å². The molecule has 4 rings (SSSR count). The first-order valence-corrected chi connectivity index (χ1v) is 20.4. The van der Waals surface area contributed by atoms with Gasteiger partial charge in [-0.05, 0) is 44.5 Å². The van der Waals surface area contributed by atoms with Crippen LogP contribution in [0.15, 0.2) is 36.5 Å². The Bertz CT molecular complexity index is 1610. The molecule has 0 saturated heterocycles. The van der Waals surface area contributed by atoms with Crippen molar-refractivity contribution in [3.05, 3.63) is 42.1 Å². The molecule has 3 N–H and O–H groups in total. The average molecular weight is 830 g/mol. The number of carboxylic acid groups (broad SMARTS) is 1. The molecular formula is C41H63N7O11. The zero-order chi connectivity index (χ0) is 42.2. The summed E-state index contributed by atoms with van der Waals surface area (Å²) in [7, 11) is 5.21. The number of hydrogen-bond donors (Lipinski definition) is 3. The molecule has 2 aliphatic rings. The molecule has 1 saturated carbocycles. The lowest BCUT2D eigenvalue weighted by molar-refractivity contribution is -0.131. The number of carbonyl (C=O) groups is 3. The monoisotopic (exact) mass is 829 g/mol. The molecule has 1 aliphatic heterocycles. The van der Waals surface area contributed by atoms with Gasteiger partial charge in [-0.1, -0.05) is 25.8 Å². The van der Waals surface area contributed by atoms with Gasteiger partial charge in [0.15, 0.2) is 5.82 Å². The van der Waals surface area contributed by atoms with Crippen LogP contribution in [-0.2, 0) is 38.0 Å². The molecule has 18 heteroatoms. The van der Waals surface area contributed by atoms with E-state index in [0.717, 1.165) is 37.6 Å². The SMILES string of the molecule is CC[C@@H]1C(=O)N(C)c2cnc(Nc3ccc(C(=O)NCCOCCOCCOCCOCCOCCOCCN(C)C/C=C/C(=O)O)cc3OC)nc2N1C1CCCC1. The highest BCUT2D eigenvalue weighted by Crippen LogP contribution is 2.40. The minimum atomic E-state index is -0.951. The van der Waals surface area contributed by atoms with Gasteiger partial charge in [0, 0.05) is 44.4 Å². The van der Waals surface area contributed by atoms with E-state index in [0.29, 0.717) is 134 Å². The Hall–Kier alpha value is -4.43. The zero-order valence-corrected chi connectivity index (χ0v) is 35.0. The smallest absolute Gasteiger partial charge is 0.328 e. The Balaban J connectivity index is 1.01. The molecule has 2 aromatic rings. The highest BCUT2D eigenvalue weighted by Gasteiger charge is 2.41. The van der Waals surface area contributed by atoms with E-state index in [9.17, 15) is 14.4 Å². The van der Waals surface area contributed by atoms with Crippen LogP contribution in [0, 0.1) is 0 Å². The maximum absolute atomic E-state index is 13.2. The molecule has 1 aromatic heterocycles. The summed E-state index contributed by atoms with van der Waals surface area (Å²) in [6.45, 7) is 8.92. The van der Waals surface area contributed by atoms with Gasteiger partial charge in [-0.2, -0.15) is 4.98 Å². The number of anilines is 4. The number of carbonyl (C=O) groups excluding carboxylic acids is 2. The number of benzene rings is 1. The van der Waals surface area contributed by atoms with Crippen LogP contribution in [0.2, 0.25) is 0 Å². The summed E-state index contributed by atoms with van der Waals surface area (Å²) in [6.07, 6.45) is 9.45. The standard InChI is InChI=1S/C41H63N7O11/c1-5-34-40(52)47(3)35-30-43-41(45-38(35)48(34)32-9-6-7-10-32)44-33-13-12-31(29-36(33)53-4)39(51)42-14-17-54-19-21-56-23-25-58-27-28-59-26-24-57-22-20-55-18-16-46(2)15-8-11-37(49)50/h8,11-13,29-30,32,34H,5-7,9-10,14-28H2,1-4H3,(H,42,51)(H,49,50)(H,43,44,45)/b11-8+/t34-/m1/s1. The minimum Gasteiger partial charge on any atom is -0.495 e. The third-order valence-electron chi connectivity index (χ3n) is 9.81. The number of carboxylic acids is 1. The van der Waals surface area contributed by atoms with Gasteiger partial charge in [0.25, 0.3) is 5.91 Å². The second kappa shape index (κ2) is 26.6. The van der Waals surface area contributed by atoms with Gasteiger partial charge >= 0.3 is 5.97 Å². The summed E-state index contributed by atoms with van der Waals surface area (Å²) < 4.78 is 38.8. The molecule has 328 valence electrons. The fourth-order valence-corrected chi connectivity index (χ4v) is 6.69. The predicted molar refractivity (Wildman–Crippen MR) is 222 cm³/mol. The van der Waals surface area contributed by atoms with Gasteiger partial charge in [-0.25, -0.2) is 9.78 Å². The van der Waals surface area contributed by atoms with Crippen molar-refractivity contribution in [3.63, 3.8) is 0 Å². The molecule has 0 spiro atoms. The van der Waals surface area contributed by atoms with Crippen LogP contribution in [0.1, 0.15) is 49.4 Å². The molecule has 2 amide bonds. The Kier molecular flexibility index (Phi) is 21.3. The molecule has 1 atom stereocenters. The molecule has 59 heavy (non-hydrogen) atoms. The van der Waals surface area contributed by atoms with Crippen LogP contribution >= 0.6 is 0 Å². The number of likely N-dealkylation sites (N-methyl/N-ethyl adjacent to an activating group) is 2. The molecule has 1 aliphatic carbocycles. The van der Waals surface area contributed by atoms with E-state index < -0.39 is 5.97 Å². The first-order valence-electron chi connectivity index (χ1n) is 20.4. The summed E-state index contributed by atoms with van der Waals surface area (Å²) in [5.74, 6) is 0.440. The fraction of sp³-hybridized carbons (Fsp3) is 0.634. The Morgan fingerprint density at radius 1 is 0.915 bits per heavy atom. The normalized spacial score (nSPS) is 15.7. The fourth-order valence-electron chi connectivity index (χ4n) is 6.69. The van der Waals surface area contributed by atoms with Gasteiger partial charge in [0.05, 0.1) is 98.3 Å². The molecule has 1 fully saturated rings. The Morgan fingerprint density at radius 2 is 1.51 bits per heavy atom. The average Bonchev–Trinajstić information content (AvgIpc) is 3.77. The maximum atomic E-state index is 13.2. The maximum Gasteiger partial charge on any atom is 0.328 e. The van der Waals surface area contributed by atoms with Crippen molar-refractivity contribution < 1.29 is 52.6 Å². The number of nitrogens with zero attached hydrogens (tertiary/aromatic N) is 5. The number of aliphatic carboxylic acids is 1. The summed E-state index contributed by atoms with van der Waals surface area (Å²) in [5, 5.41) is 14.7.